The van der Waals surface area contributed by atoms with Crippen molar-refractivity contribution in [1.82, 2.24) is 0 Å². The number of hydrogen-bond donors (Lipinski definition) is 0. The van der Waals surface area contributed by atoms with Crippen molar-refractivity contribution >= 4 is 126 Å². The molecule has 0 N–H and O–H groups in total. The Labute approximate surface area is 759 Å². The van der Waals surface area contributed by atoms with Gasteiger partial charge in [-0.05, 0) is 163 Å². The second kappa shape index (κ2) is 51.4. The van der Waals surface area contributed by atoms with Crippen molar-refractivity contribution in [3.63, 3.8) is 0 Å². The molecule has 0 saturated heterocycles. The number of rotatable bonds is 0. The summed E-state index contributed by atoms with van der Waals surface area (Å²) in [5, 5.41) is 0. The molecule has 0 amide bonds. The maximum absolute atomic E-state index is 2.64. The van der Waals surface area contributed by atoms with E-state index in [1.165, 1.54) is 154 Å². The van der Waals surface area contributed by atoms with Gasteiger partial charge < -0.3 is 29.4 Å². The third-order valence-electron chi connectivity index (χ3n) is 24.4. The molecule has 10 aromatic rings. The van der Waals surface area contributed by atoms with E-state index < -0.39 is 0 Å². The van der Waals surface area contributed by atoms with Crippen LogP contribution in [0.2, 0.25) is 0 Å². The van der Waals surface area contributed by atoms with Crippen LogP contribution >= 0.6 is 0 Å². The largest absolute Gasteiger partial charge is 0.353 e. The molecule has 9 heteroatoms. The van der Waals surface area contributed by atoms with Crippen LogP contribution in [0, 0.1) is 6.92 Å². The molecule has 9 aliphatic rings. The van der Waals surface area contributed by atoms with E-state index >= 15 is 0 Å². The lowest BCUT2D eigenvalue weighted by molar-refractivity contribution is 0.330. The summed E-state index contributed by atoms with van der Waals surface area (Å²) in [5.74, 6) is 2.36. The first kappa shape index (κ1) is 110. The van der Waals surface area contributed by atoms with Crippen LogP contribution in [0.5, 0.6) is 0 Å². The highest BCUT2D eigenvalue weighted by Crippen LogP contribution is 2.59. The van der Waals surface area contributed by atoms with Gasteiger partial charge in [-0.1, -0.05) is 435 Å². The van der Waals surface area contributed by atoms with Gasteiger partial charge in [-0.25, -0.2) is 0 Å². The molecule has 10 aromatic carbocycles. The van der Waals surface area contributed by atoms with Crippen LogP contribution < -0.4 is 73.1 Å². The van der Waals surface area contributed by atoms with E-state index in [4.69, 9.17) is 0 Å². The van der Waals surface area contributed by atoms with Crippen LogP contribution in [-0.4, -0.2) is 57.9 Å². The first-order valence-electron chi connectivity index (χ1n) is 48.4. The summed E-state index contributed by atoms with van der Waals surface area (Å²) in [6.45, 7) is 85.0. The van der Waals surface area contributed by atoms with E-state index in [9.17, 15) is 0 Å². The second-order valence-electron chi connectivity index (χ2n) is 33.0. The maximum Gasteiger partial charge on any atom is 0.252 e. The van der Waals surface area contributed by atoms with Crippen LogP contribution in [0.25, 0.3) is 0 Å². The lowest BCUT2D eigenvalue weighted by Gasteiger charge is -2.48. The predicted molar refractivity (Wildman–Crippen MR) is 571 cm³/mol. The lowest BCUT2D eigenvalue weighted by atomic mass is 9.33. The SMILES string of the molecule is CC.CC.CC.CC.CC.CC.CC.CC.CC.CCC.CCC.CCC.CCC.CN1C=CB2c3cccc4c3N(c3cccc1c32)C(C)(C)C4(C)C.CN1c2ccccc2B2c3cccc4c3N(c3cccc1c32)C(C)(C)C4(C)C.Cc1cccc2c1N(C)c1cccc3c1B2c1cccc2c1N3C(C)(C)C2(C)C.c1ccccc1.c1ccccc1. The normalized spacial score (nSPS) is 14.8. The highest BCUT2D eigenvalue weighted by molar-refractivity contribution is 7.01. The molecule has 6 nitrogen and oxygen atoms in total. The van der Waals surface area contributed by atoms with Gasteiger partial charge in [0.2, 0.25) is 6.71 Å². The number of anilines is 11. The molecule has 9 aliphatic heterocycles. The van der Waals surface area contributed by atoms with E-state index in [0.29, 0.717) is 20.1 Å². The maximum atomic E-state index is 2.64. The van der Waals surface area contributed by atoms with Crippen molar-refractivity contribution in [2.24, 2.45) is 0 Å². The molecule has 0 spiro atoms. The van der Waals surface area contributed by atoms with Crippen molar-refractivity contribution in [3.8, 4) is 0 Å². The second-order valence-corrected chi connectivity index (χ2v) is 33.0. The fourth-order valence-corrected chi connectivity index (χ4v) is 17.6. The molecule has 0 radical (unpaired) electrons. The Morgan fingerprint density at radius 2 is 0.488 bits per heavy atom. The minimum Gasteiger partial charge on any atom is -0.353 e. The standard InChI is InChI=1S/C26H27BN2.C25H25BN2.C21H23BN2.2C6H6.4C3H8.9C2H6/c1-16-10-7-12-18-23(16)28(6)20-14-9-15-21-22(20)27(18)19-13-8-11-17-24(19)29(21)26(4,5)25(17,2)3;1-24(2)16-10-8-12-18-23(16)28(25(24,3)4)21-15-9-14-20-22(21)26(18)17-11-6-7-13-19(17)27(20)5;1-20(2)14-8-6-9-15-19(14)24(21(20,3)4)17-11-7-10-16-18(17)22(15)12-13-23(16)5;2*1-2-4-6-5-3-1;4*1-3-2;9*1-2/h7-15H,1-6H3;6-15H,1-5H3;6-13H,1-5H3;2*1-6H;4*3H2,1-2H3;9*1-2H3. The first-order valence-corrected chi connectivity index (χ1v) is 48.4. The third kappa shape index (κ3) is 21.2. The van der Waals surface area contributed by atoms with Crippen LogP contribution in [0.4, 0.5) is 62.6 Å². The minimum absolute atomic E-state index is 0.00106. The minimum atomic E-state index is -0.00299. The van der Waals surface area contributed by atoms with Crippen LogP contribution in [0.3, 0.4) is 0 Å². The molecule has 0 unspecified atom stereocenters. The van der Waals surface area contributed by atoms with Crippen molar-refractivity contribution < 1.29 is 0 Å². The molecular weight excluding hydrogens is 1490 g/mol. The van der Waals surface area contributed by atoms with Crippen molar-refractivity contribution in [1.29, 1.82) is 0 Å². The predicted octanol–water partition coefficient (Wildman–Crippen LogP) is 29.5. The fraction of sp³-hybridized carbons (Fsp3) is 0.456. The van der Waals surface area contributed by atoms with Gasteiger partial charge in [-0.2, -0.15) is 0 Å². The van der Waals surface area contributed by atoms with Gasteiger partial charge in [0.15, 0.2) is 0 Å². The van der Waals surface area contributed by atoms with Gasteiger partial charge >= 0.3 is 0 Å². The molecule has 123 heavy (non-hydrogen) atoms. The number of hydrogen-bond acceptors (Lipinski definition) is 6. The number of benzene rings is 10. The third-order valence-corrected chi connectivity index (χ3v) is 24.4. The highest BCUT2D eigenvalue weighted by Gasteiger charge is 2.59. The van der Waals surface area contributed by atoms with E-state index in [1.807, 2.05) is 197 Å². The molecule has 0 fully saturated rings. The summed E-state index contributed by atoms with van der Waals surface area (Å²) in [4.78, 5) is 14.9. The molecule has 19 rings (SSSR count). The topological polar surface area (TPSA) is 19.4 Å². The monoisotopic (exact) mass is 1660 g/mol. The van der Waals surface area contributed by atoms with Crippen molar-refractivity contribution in [3.05, 3.63) is 259 Å². The van der Waals surface area contributed by atoms with Gasteiger partial charge in [0.1, 0.15) is 0 Å². The summed E-state index contributed by atoms with van der Waals surface area (Å²) in [6.07, 6.45) is 7.22. The summed E-state index contributed by atoms with van der Waals surface area (Å²) in [5.41, 5.74) is 32.8. The number of nitrogens with zero attached hydrogens (tertiary/aromatic N) is 6. The molecular formula is C114H173B3N6. The molecule has 0 atom stereocenters. The van der Waals surface area contributed by atoms with Crippen LogP contribution in [0.1, 0.15) is 311 Å². The number of para-hydroxylation sites is 5. The van der Waals surface area contributed by atoms with Gasteiger partial charge in [0, 0.05) is 117 Å². The Kier molecular flexibility index (Phi) is 46.0. The van der Waals surface area contributed by atoms with E-state index in [2.05, 4.69) is 360 Å². The van der Waals surface area contributed by atoms with Crippen molar-refractivity contribution in [2.45, 2.75) is 329 Å². The zero-order valence-corrected chi connectivity index (χ0v) is 86.3. The van der Waals surface area contributed by atoms with Crippen molar-refractivity contribution in [2.75, 3.05) is 50.5 Å². The molecule has 0 saturated carbocycles. The van der Waals surface area contributed by atoms with Crippen LogP contribution in [0.15, 0.2) is 237 Å². The zero-order chi connectivity index (χ0) is 93.9. The summed E-state index contributed by atoms with van der Waals surface area (Å²) >= 11 is 0. The Balaban J connectivity index is 0.000000511. The Morgan fingerprint density at radius 3 is 0.837 bits per heavy atom. The number of fused-ring (bicyclic) bond motifs is 10. The van der Waals surface area contributed by atoms with Gasteiger partial charge in [-0.3, -0.25) is 0 Å². The quantitative estimate of drug-likeness (QED) is 0.140. The smallest absolute Gasteiger partial charge is 0.252 e. The number of aryl methyl sites for hydroxylation is 1. The average molecular weight is 1660 g/mol. The van der Waals surface area contributed by atoms with E-state index in [0.717, 1.165) is 0 Å². The lowest BCUT2D eigenvalue weighted by Crippen LogP contribution is -2.63. The molecule has 668 valence electrons. The zero-order valence-electron chi connectivity index (χ0n) is 86.3. The van der Waals surface area contributed by atoms with E-state index in [-0.39, 0.29) is 32.9 Å². The fourth-order valence-electron chi connectivity index (χ4n) is 17.6. The van der Waals surface area contributed by atoms with Crippen LogP contribution in [-0.2, 0) is 16.2 Å². The summed E-state index contributed by atoms with van der Waals surface area (Å²) in [7, 11) is 6.58. The Bertz CT molecular complexity index is 4650. The molecule has 0 bridgehead atoms. The first-order chi connectivity index (χ1) is 59.1. The summed E-state index contributed by atoms with van der Waals surface area (Å²) < 4.78 is 0. The molecule has 9 heterocycles. The van der Waals surface area contributed by atoms with Gasteiger partial charge in [-0.15, -0.1) is 0 Å². The average Bonchev–Trinajstić information content (AvgIpc) is 1.56. The summed E-state index contributed by atoms with van der Waals surface area (Å²) in [6, 6.07) is 81.0. The Hall–Kier alpha value is -9.07. The van der Waals surface area contributed by atoms with E-state index in [1.54, 1.807) is 0 Å². The molecule has 0 aliphatic carbocycles. The van der Waals surface area contributed by atoms with Gasteiger partial charge in [0.25, 0.3) is 13.4 Å². The highest BCUT2D eigenvalue weighted by atomic mass is 15.3. The van der Waals surface area contributed by atoms with Gasteiger partial charge in [0.05, 0.1) is 0 Å². The Morgan fingerprint density at radius 1 is 0.244 bits per heavy atom. The molecule has 0 aromatic heterocycles.